The third-order valence-electron chi connectivity index (χ3n) is 4.42. The second-order valence-corrected chi connectivity index (χ2v) is 6.19. The van der Waals surface area contributed by atoms with E-state index in [1.165, 1.54) is 0 Å². The fourth-order valence-corrected chi connectivity index (χ4v) is 2.98. The summed E-state index contributed by atoms with van der Waals surface area (Å²) in [5, 5.41) is 9.13. The van der Waals surface area contributed by atoms with Gasteiger partial charge >= 0.3 is 5.97 Å². The van der Waals surface area contributed by atoms with E-state index in [4.69, 9.17) is 9.84 Å². The van der Waals surface area contributed by atoms with Gasteiger partial charge in [0.15, 0.2) is 0 Å². The monoisotopic (exact) mass is 303 g/mol. The quantitative estimate of drug-likeness (QED) is 0.906. The largest absolute Gasteiger partial charge is 0.493 e. The topological polar surface area (TPSA) is 66.8 Å². The van der Waals surface area contributed by atoms with Gasteiger partial charge in [-0.2, -0.15) is 0 Å². The predicted molar refractivity (Wildman–Crippen MR) is 80.8 cm³/mol. The van der Waals surface area contributed by atoms with Gasteiger partial charge in [-0.15, -0.1) is 0 Å². The molecule has 5 heteroatoms. The fraction of sp³-hybridized carbons (Fsp3) is 0.529. The summed E-state index contributed by atoms with van der Waals surface area (Å²) in [6.07, 6.45) is 2.60. The maximum Gasteiger partial charge on any atom is 0.308 e. The molecule has 2 atom stereocenters. The maximum absolute atomic E-state index is 13.0. The van der Waals surface area contributed by atoms with Crippen LogP contribution in [-0.4, -0.2) is 41.1 Å². The van der Waals surface area contributed by atoms with Crippen LogP contribution in [0.3, 0.4) is 0 Å². The van der Waals surface area contributed by atoms with Crippen LogP contribution in [0.5, 0.6) is 5.75 Å². The van der Waals surface area contributed by atoms with Crippen LogP contribution < -0.4 is 4.74 Å². The normalized spacial score (nSPS) is 21.4. The Balaban J connectivity index is 1.81. The second kappa shape index (κ2) is 5.99. The molecule has 2 aliphatic rings. The molecule has 1 saturated carbocycles. The van der Waals surface area contributed by atoms with Crippen molar-refractivity contribution in [2.45, 2.75) is 38.1 Å². The summed E-state index contributed by atoms with van der Waals surface area (Å²) in [7, 11) is 0. The third kappa shape index (κ3) is 2.93. The highest BCUT2D eigenvalue weighted by atomic mass is 16.5. The number of para-hydroxylation sites is 1. The number of carboxylic acid groups (broad SMARTS) is 1. The van der Waals surface area contributed by atoms with Crippen molar-refractivity contribution in [3.8, 4) is 5.75 Å². The summed E-state index contributed by atoms with van der Waals surface area (Å²) in [4.78, 5) is 25.9. The first-order chi connectivity index (χ1) is 10.6. The SMILES string of the molecule is C[C@@H](CN(C(=O)[C@@H]1CCOc2ccccc21)C1CC1)C(=O)O. The van der Waals surface area contributed by atoms with E-state index in [1.54, 1.807) is 11.8 Å². The van der Waals surface area contributed by atoms with Crippen LogP contribution in [-0.2, 0) is 9.59 Å². The molecule has 3 rings (SSSR count). The van der Waals surface area contributed by atoms with Gasteiger partial charge in [-0.1, -0.05) is 25.1 Å². The number of carbonyl (C=O) groups is 2. The number of aliphatic carboxylic acids is 1. The van der Waals surface area contributed by atoms with Gasteiger partial charge in [0.25, 0.3) is 0 Å². The van der Waals surface area contributed by atoms with Gasteiger partial charge in [0.05, 0.1) is 18.4 Å². The summed E-state index contributed by atoms with van der Waals surface area (Å²) in [5.41, 5.74) is 0.923. The molecule has 1 N–H and O–H groups in total. The number of nitrogens with zero attached hydrogens (tertiary/aromatic N) is 1. The molecule has 1 aromatic rings. The summed E-state index contributed by atoms with van der Waals surface area (Å²) >= 11 is 0. The lowest BCUT2D eigenvalue weighted by molar-refractivity contribution is -0.143. The Morgan fingerprint density at radius 1 is 1.32 bits per heavy atom. The van der Waals surface area contributed by atoms with Gasteiger partial charge in [0.1, 0.15) is 5.75 Å². The number of hydrogen-bond donors (Lipinski definition) is 1. The Morgan fingerprint density at radius 3 is 2.73 bits per heavy atom. The molecule has 1 fully saturated rings. The highest BCUT2D eigenvalue weighted by molar-refractivity contribution is 5.86. The van der Waals surface area contributed by atoms with Gasteiger partial charge < -0.3 is 14.7 Å². The fourth-order valence-electron chi connectivity index (χ4n) is 2.98. The van der Waals surface area contributed by atoms with E-state index in [0.29, 0.717) is 19.6 Å². The summed E-state index contributed by atoms with van der Waals surface area (Å²) in [5.74, 6) is -0.794. The number of fused-ring (bicyclic) bond motifs is 1. The molecule has 5 nitrogen and oxygen atoms in total. The predicted octanol–water partition coefficient (Wildman–Crippen LogP) is 2.26. The average Bonchev–Trinajstić information content (AvgIpc) is 3.35. The number of carboxylic acids is 1. The van der Waals surface area contributed by atoms with E-state index in [-0.39, 0.29) is 17.9 Å². The molecule has 1 heterocycles. The van der Waals surface area contributed by atoms with Crippen molar-refractivity contribution < 1.29 is 19.4 Å². The number of hydrogen-bond acceptors (Lipinski definition) is 3. The van der Waals surface area contributed by atoms with Crippen molar-refractivity contribution in [3.05, 3.63) is 29.8 Å². The van der Waals surface area contributed by atoms with Gasteiger partial charge in [0.2, 0.25) is 5.91 Å². The van der Waals surface area contributed by atoms with Crippen LogP contribution in [0.4, 0.5) is 0 Å². The highest BCUT2D eigenvalue weighted by Gasteiger charge is 2.39. The third-order valence-corrected chi connectivity index (χ3v) is 4.42. The molecule has 0 aromatic heterocycles. The van der Waals surface area contributed by atoms with Crippen molar-refractivity contribution in [3.63, 3.8) is 0 Å². The number of ether oxygens (including phenoxy) is 1. The zero-order chi connectivity index (χ0) is 15.7. The molecule has 0 bridgehead atoms. The highest BCUT2D eigenvalue weighted by Crippen LogP contribution is 2.37. The van der Waals surface area contributed by atoms with Gasteiger partial charge in [-0.3, -0.25) is 9.59 Å². The summed E-state index contributed by atoms with van der Waals surface area (Å²) < 4.78 is 5.61. The van der Waals surface area contributed by atoms with Crippen LogP contribution >= 0.6 is 0 Å². The molecule has 1 aliphatic carbocycles. The summed E-state index contributed by atoms with van der Waals surface area (Å²) in [6.45, 7) is 2.47. The summed E-state index contributed by atoms with van der Waals surface area (Å²) in [6, 6.07) is 7.84. The molecule has 0 saturated heterocycles. The first-order valence-corrected chi connectivity index (χ1v) is 7.83. The molecular weight excluding hydrogens is 282 g/mol. The van der Waals surface area contributed by atoms with Crippen LogP contribution in [0.2, 0.25) is 0 Å². The Bertz CT molecular complexity index is 582. The number of carbonyl (C=O) groups excluding carboxylic acids is 1. The molecule has 118 valence electrons. The molecule has 0 unspecified atom stereocenters. The molecule has 1 aliphatic heterocycles. The van der Waals surface area contributed by atoms with Crippen molar-refractivity contribution in [2.75, 3.05) is 13.2 Å². The molecule has 0 spiro atoms. The van der Waals surface area contributed by atoms with Crippen LogP contribution in [0.15, 0.2) is 24.3 Å². The van der Waals surface area contributed by atoms with E-state index in [9.17, 15) is 9.59 Å². The van der Waals surface area contributed by atoms with Crippen molar-refractivity contribution >= 4 is 11.9 Å². The smallest absolute Gasteiger partial charge is 0.308 e. The van der Waals surface area contributed by atoms with Gasteiger partial charge in [-0.25, -0.2) is 0 Å². The lowest BCUT2D eigenvalue weighted by Crippen LogP contribution is -2.42. The molecular formula is C17H21NO4. The first-order valence-electron chi connectivity index (χ1n) is 7.83. The second-order valence-electron chi connectivity index (χ2n) is 6.19. The Labute approximate surface area is 129 Å². The van der Waals surface area contributed by atoms with Crippen LogP contribution in [0.1, 0.15) is 37.7 Å². The molecule has 22 heavy (non-hydrogen) atoms. The first kappa shape index (κ1) is 14.9. The zero-order valence-electron chi connectivity index (χ0n) is 12.7. The number of rotatable bonds is 5. The van der Waals surface area contributed by atoms with E-state index >= 15 is 0 Å². The minimum atomic E-state index is -0.856. The minimum absolute atomic E-state index is 0.0475. The number of benzene rings is 1. The van der Waals surface area contributed by atoms with Crippen LogP contribution in [0, 0.1) is 5.92 Å². The van der Waals surface area contributed by atoms with E-state index < -0.39 is 11.9 Å². The molecule has 1 aromatic carbocycles. The van der Waals surface area contributed by atoms with Gasteiger partial charge in [0, 0.05) is 18.2 Å². The lowest BCUT2D eigenvalue weighted by atomic mass is 9.91. The van der Waals surface area contributed by atoms with Crippen molar-refractivity contribution in [1.29, 1.82) is 0 Å². The molecule has 0 radical (unpaired) electrons. The molecule has 1 amide bonds. The van der Waals surface area contributed by atoms with E-state index in [0.717, 1.165) is 24.2 Å². The van der Waals surface area contributed by atoms with Gasteiger partial charge in [-0.05, 0) is 25.3 Å². The van der Waals surface area contributed by atoms with Crippen LogP contribution in [0.25, 0.3) is 0 Å². The Kier molecular flexibility index (Phi) is 4.05. The van der Waals surface area contributed by atoms with Crippen molar-refractivity contribution in [1.82, 2.24) is 4.90 Å². The average molecular weight is 303 g/mol. The minimum Gasteiger partial charge on any atom is -0.493 e. The maximum atomic E-state index is 13.0. The Hall–Kier alpha value is -2.04. The standard InChI is InChI=1S/C17H21NO4/c1-11(17(20)21)10-18(12-6-7-12)16(19)14-8-9-22-15-5-3-2-4-13(14)15/h2-5,11-12,14H,6-10H2,1H3,(H,20,21)/t11-,14+/m0/s1. The number of amides is 1. The Morgan fingerprint density at radius 2 is 2.05 bits per heavy atom. The lowest BCUT2D eigenvalue weighted by Gasteiger charge is -2.32. The van der Waals surface area contributed by atoms with Crippen molar-refractivity contribution in [2.24, 2.45) is 5.92 Å². The zero-order valence-corrected chi connectivity index (χ0v) is 12.7. The van der Waals surface area contributed by atoms with E-state index in [2.05, 4.69) is 0 Å². The van der Waals surface area contributed by atoms with E-state index in [1.807, 2.05) is 24.3 Å².